The van der Waals surface area contributed by atoms with E-state index in [1.807, 2.05) is 38.5 Å². The summed E-state index contributed by atoms with van der Waals surface area (Å²) in [6.45, 7) is 0. The molecule has 3 aromatic rings. The summed E-state index contributed by atoms with van der Waals surface area (Å²) in [6.07, 6.45) is 3.75. The zero-order valence-corrected chi connectivity index (χ0v) is 16.7. The molecule has 0 radical (unpaired) electrons. The highest BCUT2D eigenvalue weighted by Crippen LogP contribution is 2.27. The van der Waals surface area contributed by atoms with Gasteiger partial charge in [-0.3, -0.25) is 4.79 Å². The number of para-hydroxylation sites is 1. The predicted octanol–water partition coefficient (Wildman–Crippen LogP) is 2.84. The molecule has 0 saturated heterocycles. The molecule has 3 rings (SSSR count). The van der Waals surface area contributed by atoms with Crippen molar-refractivity contribution in [1.29, 1.82) is 0 Å². The van der Waals surface area contributed by atoms with Gasteiger partial charge in [0.1, 0.15) is 0 Å². The number of primary sulfonamides is 1. The fourth-order valence-electron chi connectivity index (χ4n) is 3.17. The lowest BCUT2D eigenvalue weighted by atomic mass is 10.1. The van der Waals surface area contributed by atoms with E-state index < -0.39 is 10.0 Å². The van der Waals surface area contributed by atoms with Crippen LogP contribution >= 0.6 is 0 Å². The minimum absolute atomic E-state index is 0.0350. The summed E-state index contributed by atoms with van der Waals surface area (Å²) >= 11 is 0. The molecule has 8 heteroatoms. The first-order chi connectivity index (χ1) is 13.3. The predicted molar refractivity (Wildman–Crippen MR) is 112 cm³/mol. The summed E-state index contributed by atoms with van der Waals surface area (Å²) < 4.78 is 23.2. The maximum atomic E-state index is 12.4. The number of aromatic nitrogens is 1. The van der Waals surface area contributed by atoms with Crippen molar-refractivity contribution in [2.24, 2.45) is 5.14 Å². The third kappa shape index (κ3) is 4.52. The standard InChI is InChI=1S/C20H24N4O3S/c1-24(2)19-11-10-15(28(21,26)27)12-18(19)23-20(25)9-5-6-14-13-22-17-8-4-3-7-16(14)17/h3-4,7-8,10-13,22H,5-6,9H2,1-2H3,(H,23,25)(H2,21,26,27). The average molecular weight is 401 g/mol. The van der Waals surface area contributed by atoms with Crippen molar-refractivity contribution >= 4 is 38.2 Å². The SMILES string of the molecule is CN(C)c1ccc(S(N)(=O)=O)cc1NC(=O)CCCc1c[nH]c2ccccc12. The number of aryl methyl sites for hydroxylation is 1. The van der Waals surface area contributed by atoms with E-state index in [1.54, 1.807) is 11.0 Å². The van der Waals surface area contributed by atoms with Gasteiger partial charge in [-0.1, -0.05) is 18.2 Å². The minimum atomic E-state index is -3.84. The second-order valence-electron chi connectivity index (χ2n) is 6.88. The molecule has 148 valence electrons. The molecule has 0 aliphatic rings. The number of H-pyrrole nitrogens is 1. The van der Waals surface area contributed by atoms with Crippen LogP contribution in [0.2, 0.25) is 0 Å². The molecule has 0 unspecified atom stereocenters. The van der Waals surface area contributed by atoms with Crippen LogP contribution in [0.5, 0.6) is 0 Å². The van der Waals surface area contributed by atoms with Crippen molar-refractivity contribution in [2.45, 2.75) is 24.2 Å². The second-order valence-corrected chi connectivity index (χ2v) is 8.44. The number of benzene rings is 2. The summed E-state index contributed by atoms with van der Waals surface area (Å²) in [5, 5.41) is 9.18. The number of anilines is 2. The first-order valence-electron chi connectivity index (χ1n) is 8.95. The molecule has 1 heterocycles. The van der Waals surface area contributed by atoms with Crippen LogP contribution in [0, 0.1) is 0 Å². The number of carbonyl (C=O) groups excluding carboxylic acids is 1. The molecule has 1 amide bonds. The number of hydrogen-bond acceptors (Lipinski definition) is 4. The number of hydrogen-bond donors (Lipinski definition) is 3. The largest absolute Gasteiger partial charge is 0.376 e. The Kier molecular flexibility index (Phi) is 5.71. The number of carbonyl (C=O) groups is 1. The Bertz CT molecular complexity index is 1100. The van der Waals surface area contributed by atoms with Crippen molar-refractivity contribution in [1.82, 2.24) is 4.98 Å². The van der Waals surface area contributed by atoms with Crippen LogP contribution in [0.25, 0.3) is 10.9 Å². The van der Waals surface area contributed by atoms with Gasteiger partial charge in [-0.25, -0.2) is 13.6 Å². The van der Waals surface area contributed by atoms with Gasteiger partial charge in [-0.05, 0) is 42.7 Å². The molecule has 2 aromatic carbocycles. The van der Waals surface area contributed by atoms with E-state index in [2.05, 4.69) is 16.4 Å². The number of nitrogens with two attached hydrogens (primary N) is 1. The third-order valence-electron chi connectivity index (χ3n) is 4.58. The molecule has 0 aliphatic carbocycles. The summed E-state index contributed by atoms with van der Waals surface area (Å²) in [7, 11) is -0.208. The molecule has 4 N–H and O–H groups in total. The van der Waals surface area contributed by atoms with Gasteiger partial charge in [0.2, 0.25) is 15.9 Å². The van der Waals surface area contributed by atoms with Gasteiger partial charge in [-0.15, -0.1) is 0 Å². The van der Waals surface area contributed by atoms with Gasteiger partial charge >= 0.3 is 0 Å². The van der Waals surface area contributed by atoms with Crippen LogP contribution in [0.15, 0.2) is 53.6 Å². The molecule has 0 fully saturated rings. The summed E-state index contributed by atoms with van der Waals surface area (Å²) in [6, 6.07) is 12.5. The monoisotopic (exact) mass is 400 g/mol. The van der Waals surface area contributed by atoms with Gasteiger partial charge in [0.25, 0.3) is 0 Å². The highest BCUT2D eigenvalue weighted by Gasteiger charge is 2.15. The maximum absolute atomic E-state index is 12.4. The van der Waals surface area contributed by atoms with Gasteiger partial charge in [-0.2, -0.15) is 0 Å². The van der Waals surface area contributed by atoms with E-state index in [1.165, 1.54) is 23.1 Å². The first-order valence-corrected chi connectivity index (χ1v) is 10.5. The van der Waals surface area contributed by atoms with Crippen molar-refractivity contribution in [2.75, 3.05) is 24.3 Å². The molecule has 0 bridgehead atoms. The van der Waals surface area contributed by atoms with E-state index in [9.17, 15) is 13.2 Å². The zero-order valence-electron chi connectivity index (χ0n) is 15.9. The van der Waals surface area contributed by atoms with E-state index in [4.69, 9.17) is 5.14 Å². The highest BCUT2D eigenvalue weighted by atomic mass is 32.2. The van der Waals surface area contributed by atoms with E-state index in [-0.39, 0.29) is 10.8 Å². The Balaban J connectivity index is 1.67. The lowest BCUT2D eigenvalue weighted by Gasteiger charge is -2.18. The normalized spacial score (nSPS) is 11.5. The van der Waals surface area contributed by atoms with E-state index >= 15 is 0 Å². The van der Waals surface area contributed by atoms with E-state index in [0.29, 0.717) is 24.2 Å². The van der Waals surface area contributed by atoms with Crippen LogP contribution in [0.3, 0.4) is 0 Å². The van der Waals surface area contributed by atoms with Crippen LogP contribution in [0.1, 0.15) is 18.4 Å². The molecule has 28 heavy (non-hydrogen) atoms. The minimum Gasteiger partial charge on any atom is -0.376 e. The first kappa shape index (κ1) is 19.9. The average Bonchev–Trinajstić information content (AvgIpc) is 3.04. The molecule has 7 nitrogen and oxygen atoms in total. The molecule has 1 aromatic heterocycles. The second kappa shape index (κ2) is 8.04. The fourth-order valence-corrected chi connectivity index (χ4v) is 3.71. The van der Waals surface area contributed by atoms with Crippen molar-refractivity contribution in [3.63, 3.8) is 0 Å². The van der Waals surface area contributed by atoms with Crippen LogP contribution in [-0.4, -0.2) is 33.4 Å². The Labute approximate surface area is 164 Å². The zero-order chi connectivity index (χ0) is 20.3. The van der Waals surface area contributed by atoms with Crippen molar-refractivity contribution < 1.29 is 13.2 Å². The Morgan fingerprint density at radius 2 is 1.93 bits per heavy atom. The smallest absolute Gasteiger partial charge is 0.238 e. The number of nitrogens with one attached hydrogen (secondary N) is 2. The van der Waals surface area contributed by atoms with Crippen LogP contribution in [-0.2, 0) is 21.2 Å². The summed E-state index contributed by atoms with van der Waals surface area (Å²) in [4.78, 5) is 17.4. The number of nitrogens with zero attached hydrogens (tertiary/aromatic N) is 1. The van der Waals surface area contributed by atoms with Crippen LogP contribution in [0.4, 0.5) is 11.4 Å². The molecule has 0 spiro atoms. The van der Waals surface area contributed by atoms with Crippen molar-refractivity contribution in [3.8, 4) is 0 Å². The number of aromatic amines is 1. The quantitative estimate of drug-likeness (QED) is 0.567. The van der Waals surface area contributed by atoms with Gasteiger partial charge in [0, 0.05) is 37.6 Å². The summed E-state index contributed by atoms with van der Waals surface area (Å²) in [5.74, 6) is -0.172. The van der Waals surface area contributed by atoms with Gasteiger partial charge in [0.05, 0.1) is 16.3 Å². The third-order valence-corrected chi connectivity index (χ3v) is 5.49. The molecular weight excluding hydrogens is 376 g/mol. The number of amides is 1. The number of fused-ring (bicyclic) bond motifs is 1. The summed E-state index contributed by atoms with van der Waals surface area (Å²) in [5.41, 5.74) is 3.39. The Hall–Kier alpha value is -2.84. The van der Waals surface area contributed by atoms with Crippen molar-refractivity contribution in [3.05, 3.63) is 54.2 Å². The Morgan fingerprint density at radius 3 is 2.64 bits per heavy atom. The molecule has 0 atom stereocenters. The highest BCUT2D eigenvalue weighted by molar-refractivity contribution is 7.89. The number of rotatable bonds is 7. The number of sulfonamides is 1. The maximum Gasteiger partial charge on any atom is 0.238 e. The molecule has 0 saturated carbocycles. The van der Waals surface area contributed by atoms with Crippen LogP contribution < -0.4 is 15.4 Å². The lowest BCUT2D eigenvalue weighted by molar-refractivity contribution is -0.116. The van der Waals surface area contributed by atoms with E-state index in [0.717, 1.165) is 11.9 Å². The fraction of sp³-hybridized carbons (Fsp3) is 0.250. The topological polar surface area (TPSA) is 108 Å². The van der Waals surface area contributed by atoms with Gasteiger partial charge < -0.3 is 15.2 Å². The lowest BCUT2D eigenvalue weighted by Crippen LogP contribution is -2.18. The van der Waals surface area contributed by atoms with Gasteiger partial charge in [0.15, 0.2) is 0 Å². The molecule has 0 aliphatic heterocycles. The molecular formula is C20H24N4O3S. The Morgan fingerprint density at radius 1 is 1.18 bits per heavy atom.